The highest BCUT2D eigenvalue weighted by molar-refractivity contribution is 7.89. The third-order valence-corrected chi connectivity index (χ3v) is 7.37. The predicted octanol–water partition coefficient (Wildman–Crippen LogP) is 3.10. The van der Waals surface area contributed by atoms with E-state index in [2.05, 4.69) is 5.32 Å². The molecule has 1 aliphatic rings. The minimum absolute atomic E-state index is 0.00900. The molecule has 0 spiro atoms. The van der Waals surface area contributed by atoms with Gasteiger partial charge >= 0.3 is 0 Å². The third kappa shape index (κ3) is 5.47. The summed E-state index contributed by atoms with van der Waals surface area (Å²) in [4.78, 5) is 12.9. The second kappa shape index (κ2) is 9.73. The van der Waals surface area contributed by atoms with E-state index in [-0.39, 0.29) is 30.0 Å². The highest BCUT2D eigenvalue weighted by Crippen LogP contribution is 2.26. The van der Waals surface area contributed by atoms with Crippen LogP contribution < -0.4 is 5.32 Å². The largest absolute Gasteiger partial charge is 0.376 e. The fourth-order valence-corrected chi connectivity index (χ4v) is 5.76. The van der Waals surface area contributed by atoms with Crippen LogP contribution in [-0.4, -0.2) is 44.4 Å². The second-order valence-electron chi connectivity index (χ2n) is 7.93. The summed E-state index contributed by atoms with van der Waals surface area (Å²) >= 11 is 0. The maximum Gasteiger partial charge on any atom is 0.244 e. The Morgan fingerprint density at radius 3 is 2.40 bits per heavy atom. The Bertz CT molecular complexity index is 961. The van der Waals surface area contributed by atoms with Crippen LogP contribution in [0.15, 0.2) is 47.4 Å². The molecule has 30 heavy (non-hydrogen) atoms. The third-order valence-electron chi connectivity index (χ3n) is 5.28. The maximum absolute atomic E-state index is 13.6. The van der Waals surface area contributed by atoms with Crippen LogP contribution in [0.25, 0.3) is 0 Å². The smallest absolute Gasteiger partial charge is 0.244 e. The molecule has 0 unspecified atom stereocenters. The summed E-state index contributed by atoms with van der Waals surface area (Å²) in [6.45, 7) is 6.54. The topological polar surface area (TPSA) is 75.7 Å². The van der Waals surface area contributed by atoms with Crippen LogP contribution >= 0.6 is 0 Å². The summed E-state index contributed by atoms with van der Waals surface area (Å²) in [5.41, 5.74) is 3.21. The SMILES string of the molecule is Cc1cc(C)c(S(=O)(=O)N(CC(=O)NC[C@@H]2CCCO2)Cc2ccccc2)c(C)c1. The van der Waals surface area contributed by atoms with Gasteiger partial charge in [-0.15, -0.1) is 0 Å². The maximum atomic E-state index is 13.6. The molecule has 3 rings (SSSR count). The Balaban J connectivity index is 1.85. The minimum Gasteiger partial charge on any atom is -0.376 e. The molecule has 1 fully saturated rings. The number of ether oxygens (including phenoxy) is 1. The van der Waals surface area contributed by atoms with Crippen LogP contribution in [0.3, 0.4) is 0 Å². The number of carbonyl (C=O) groups excluding carboxylic acids is 1. The van der Waals surface area contributed by atoms with E-state index in [1.807, 2.05) is 49.4 Å². The van der Waals surface area contributed by atoms with E-state index >= 15 is 0 Å². The first kappa shape index (κ1) is 22.5. The number of hydrogen-bond donors (Lipinski definition) is 1. The molecule has 2 aromatic rings. The van der Waals surface area contributed by atoms with Crippen molar-refractivity contribution in [2.24, 2.45) is 0 Å². The minimum atomic E-state index is -3.87. The molecule has 6 nitrogen and oxygen atoms in total. The van der Waals surface area contributed by atoms with Gasteiger partial charge in [-0.25, -0.2) is 8.42 Å². The van der Waals surface area contributed by atoms with Crippen LogP contribution in [0.5, 0.6) is 0 Å². The van der Waals surface area contributed by atoms with Gasteiger partial charge in [0.05, 0.1) is 17.5 Å². The highest BCUT2D eigenvalue weighted by Gasteiger charge is 2.30. The van der Waals surface area contributed by atoms with Crippen molar-refractivity contribution in [1.29, 1.82) is 0 Å². The van der Waals surface area contributed by atoms with E-state index in [1.165, 1.54) is 4.31 Å². The van der Waals surface area contributed by atoms with Gasteiger partial charge in [-0.3, -0.25) is 4.79 Å². The molecule has 162 valence electrons. The summed E-state index contributed by atoms with van der Waals surface area (Å²) in [6, 6.07) is 13.0. The number of hydrogen-bond acceptors (Lipinski definition) is 4. The number of nitrogens with zero attached hydrogens (tertiary/aromatic N) is 1. The summed E-state index contributed by atoms with van der Waals surface area (Å²) in [7, 11) is -3.87. The highest BCUT2D eigenvalue weighted by atomic mass is 32.2. The van der Waals surface area contributed by atoms with Gasteiger partial charge < -0.3 is 10.1 Å². The van der Waals surface area contributed by atoms with E-state index in [9.17, 15) is 13.2 Å². The van der Waals surface area contributed by atoms with E-state index < -0.39 is 10.0 Å². The molecule has 0 aliphatic carbocycles. The Morgan fingerprint density at radius 2 is 1.80 bits per heavy atom. The zero-order valence-corrected chi connectivity index (χ0v) is 18.7. The van der Waals surface area contributed by atoms with Gasteiger partial charge in [-0.1, -0.05) is 48.0 Å². The van der Waals surface area contributed by atoms with Crippen LogP contribution in [0.1, 0.15) is 35.1 Å². The number of carbonyl (C=O) groups is 1. The van der Waals surface area contributed by atoms with Crippen molar-refractivity contribution in [3.63, 3.8) is 0 Å². The molecule has 1 N–H and O–H groups in total. The lowest BCUT2D eigenvalue weighted by atomic mass is 10.1. The monoisotopic (exact) mass is 430 g/mol. The van der Waals surface area contributed by atoms with E-state index in [1.54, 1.807) is 13.8 Å². The van der Waals surface area contributed by atoms with Gasteiger partial charge in [0, 0.05) is 19.7 Å². The molecular weight excluding hydrogens is 400 g/mol. The first-order valence-corrected chi connectivity index (χ1v) is 11.7. The number of sulfonamides is 1. The summed E-state index contributed by atoms with van der Waals surface area (Å²) in [5.74, 6) is -0.326. The summed E-state index contributed by atoms with van der Waals surface area (Å²) < 4.78 is 34.0. The molecule has 2 aromatic carbocycles. The average Bonchev–Trinajstić information content (AvgIpc) is 3.19. The number of aryl methyl sites for hydroxylation is 3. The summed E-state index contributed by atoms with van der Waals surface area (Å²) in [6.07, 6.45) is 1.91. The standard InChI is InChI=1S/C23H30N2O4S/c1-17-12-18(2)23(19(3)13-17)30(27,28)25(15-20-8-5-4-6-9-20)16-22(26)24-14-21-10-7-11-29-21/h4-6,8-9,12-13,21H,7,10-11,14-16H2,1-3H3,(H,24,26)/t21-/m0/s1. The van der Waals surface area contributed by atoms with E-state index in [4.69, 9.17) is 4.74 Å². The van der Waals surface area contributed by atoms with Crippen LogP contribution in [-0.2, 0) is 26.1 Å². The number of rotatable bonds is 8. The molecule has 0 aromatic heterocycles. The number of amides is 1. The zero-order valence-electron chi connectivity index (χ0n) is 17.8. The average molecular weight is 431 g/mol. The fourth-order valence-electron chi connectivity index (χ4n) is 3.96. The Morgan fingerprint density at radius 1 is 1.13 bits per heavy atom. The van der Waals surface area contributed by atoms with Gasteiger partial charge in [0.15, 0.2) is 0 Å². The van der Waals surface area contributed by atoms with Crippen LogP contribution in [0, 0.1) is 20.8 Å². The van der Waals surface area contributed by atoms with Crippen molar-refractivity contribution in [3.8, 4) is 0 Å². The van der Waals surface area contributed by atoms with E-state index in [0.29, 0.717) is 24.3 Å². The van der Waals surface area contributed by atoms with Gasteiger partial charge in [0.1, 0.15) is 0 Å². The van der Waals surface area contributed by atoms with Crippen LogP contribution in [0.2, 0.25) is 0 Å². The molecule has 0 radical (unpaired) electrons. The van der Waals surface area contributed by atoms with Crippen molar-refractivity contribution < 1.29 is 17.9 Å². The first-order valence-electron chi connectivity index (χ1n) is 10.3. The number of benzene rings is 2. The van der Waals surface area contributed by atoms with Gasteiger partial charge in [-0.05, 0) is 50.3 Å². The molecule has 7 heteroatoms. The van der Waals surface area contributed by atoms with Gasteiger partial charge in [-0.2, -0.15) is 4.31 Å². The Labute approximate surface area is 179 Å². The van der Waals surface area contributed by atoms with Crippen molar-refractivity contribution >= 4 is 15.9 Å². The molecule has 1 heterocycles. The lowest BCUT2D eigenvalue weighted by molar-refractivity contribution is -0.121. The van der Waals surface area contributed by atoms with Crippen molar-refractivity contribution in [2.75, 3.05) is 19.7 Å². The fraction of sp³-hybridized carbons (Fsp3) is 0.435. The second-order valence-corrected chi connectivity index (χ2v) is 9.80. The quantitative estimate of drug-likeness (QED) is 0.698. The molecule has 1 amide bonds. The van der Waals surface area contributed by atoms with Gasteiger partial charge in [0.2, 0.25) is 15.9 Å². The molecule has 0 bridgehead atoms. The predicted molar refractivity (Wildman–Crippen MR) is 117 cm³/mol. The lowest BCUT2D eigenvalue weighted by Gasteiger charge is -2.24. The molecule has 1 atom stereocenters. The number of nitrogens with one attached hydrogen (secondary N) is 1. The zero-order chi connectivity index (χ0) is 21.7. The van der Waals surface area contributed by atoms with Crippen molar-refractivity contribution in [2.45, 2.75) is 51.2 Å². The molecule has 1 saturated heterocycles. The van der Waals surface area contributed by atoms with Crippen molar-refractivity contribution in [3.05, 3.63) is 64.7 Å². The molecule has 0 saturated carbocycles. The van der Waals surface area contributed by atoms with Gasteiger partial charge in [0.25, 0.3) is 0 Å². The Kier molecular flexibility index (Phi) is 7.28. The molecule has 1 aliphatic heterocycles. The van der Waals surface area contributed by atoms with Crippen molar-refractivity contribution in [1.82, 2.24) is 9.62 Å². The Hall–Kier alpha value is -2.22. The first-order chi connectivity index (χ1) is 14.3. The van der Waals surface area contributed by atoms with Crippen LogP contribution in [0.4, 0.5) is 0 Å². The van der Waals surface area contributed by atoms with E-state index in [0.717, 1.165) is 24.0 Å². The lowest BCUT2D eigenvalue weighted by Crippen LogP contribution is -2.42. The molecular formula is C23H30N2O4S. The summed E-state index contributed by atoms with van der Waals surface area (Å²) in [5, 5.41) is 2.83. The normalized spacial score (nSPS) is 16.7.